The quantitative estimate of drug-likeness (QED) is 0.325. The number of esters is 5. The summed E-state index contributed by atoms with van der Waals surface area (Å²) in [5, 5.41) is 0. The summed E-state index contributed by atoms with van der Waals surface area (Å²) in [6.07, 6.45) is 3.99. The molecule has 1 heterocycles. The molecule has 6 unspecified atom stereocenters. The molecule has 39 heavy (non-hydrogen) atoms. The Labute approximate surface area is 223 Å². The van der Waals surface area contributed by atoms with Gasteiger partial charge >= 0.3 is 35.8 Å². The lowest BCUT2D eigenvalue weighted by atomic mass is 9.50. The fraction of sp³-hybridized carbons (Fsp3) is 0.815. The summed E-state index contributed by atoms with van der Waals surface area (Å²) >= 11 is 0. The molecule has 1 aliphatic heterocycles. The first-order valence-corrected chi connectivity index (χ1v) is 13.7. The Bertz CT molecular complexity index is 1070. The van der Waals surface area contributed by atoms with Crippen molar-refractivity contribution in [3.63, 3.8) is 0 Å². The molecule has 0 amide bonds. The van der Waals surface area contributed by atoms with Crippen LogP contribution in [0.4, 0.5) is 8.78 Å². The van der Waals surface area contributed by atoms with Crippen molar-refractivity contribution in [3.05, 3.63) is 0 Å². The van der Waals surface area contributed by atoms with E-state index in [1.807, 2.05) is 6.92 Å². The molecule has 0 aromatic rings. The van der Waals surface area contributed by atoms with Crippen LogP contribution in [0.2, 0.25) is 0 Å². The summed E-state index contributed by atoms with van der Waals surface area (Å²) in [4.78, 5) is 61.9. The lowest BCUT2D eigenvalue weighted by molar-refractivity contribution is -0.208. The molecule has 6 atom stereocenters. The Balaban J connectivity index is 1.05. The highest BCUT2D eigenvalue weighted by atomic mass is 19.3. The Morgan fingerprint density at radius 1 is 0.923 bits per heavy atom. The van der Waals surface area contributed by atoms with Gasteiger partial charge in [0.1, 0.15) is 17.8 Å². The standard InChI is InChI=1S/C27H32F2O10/c1-26(13-4-11-3-12(6-13)7-14(26)5-11)39-18(31)10-35-23(32)19-15-8-16-20(19)24(33)38-22(16)21(15)37-17(30)9-36-25(34)27(2,28)29/h11-16,19-22H,3-10H2,1-2H3. The molecule has 6 saturated carbocycles. The highest BCUT2D eigenvalue weighted by Crippen LogP contribution is 2.60. The average Bonchev–Trinajstić information content (AvgIpc) is 3.47. The van der Waals surface area contributed by atoms with Crippen LogP contribution in [0.25, 0.3) is 0 Å². The molecular weight excluding hydrogens is 522 g/mol. The number of hydrogen-bond donors (Lipinski definition) is 0. The minimum absolute atomic E-state index is 0.308. The van der Waals surface area contributed by atoms with Gasteiger partial charge in [0.25, 0.3) is 0 Å². The summed E-state index contributed by atoms with van der Waals surface area (Å²) in [5.74, 6) is -9.57. The summed E-state index contributed by atoms with van der Waals surface area (Å²) < 4.78 is 52.2. The van der Waals surface area contributed by atoms with Crippen molar-refractivity contribution in [2.24, 2.45) is 47.3 Å². The molecule has 1 saturated heterocycles. The molecule has 0 aromatic carbocycles. The first-order valence-electron chi connectivity index (χ1n) is 13.7. The number of halogens is 2. The van der Waals surface area contributed by atoms with Gasteiger partial charge in [0, 0.05) is 18.8 Å². The van der Waals surface area contributed by atoms with Gasteiger partial charge in [-0.15, -0.1) is 0 Å². The molecule has 0 N–H and O–H groups in total. The molecule has 0 aromatic heterocycles. The molecule has 0 radical (unpaired) electrons. The zero-order valence-corrected chi connectivity index (χ0v) is 21.8. The van der Waals surface area contributed by atoms with Crippen molar-refractivity contribution in [3.8, 4) is 0 Å². The van der Waals surface area contributed by atoms with Gasteiger partial charge in [0.2, 0.25) is 0 Å². The molecule has 0 spiro atoms. The van der Waals surface area contributed by atoms with E-state index >= 15 is 0 Å². The van der Waals surface area contributed by atoms with E-state index in [2.05, 4.69) is 4.74 Å². The van der Waals surface area contributed by atoms with E-state index in [4.69, 9.17) is 18.9 Å². The predicted molar refractivity (Wildman–Crippen MR) is 122 cm³/mol. The summed E-state index contributed by atoms with van der Waals surface area (Å²) in [6, 6.07) is 0. The fourth-order valence-electron chi connectivity index (χ4n) is 8.69. The van der Waals surface area contributed by atoms with Crippen LogP contribution in [-0.4, -0.2) is 66.8 Å². The lowest BCUT2D eigenvalue weighted by Crippen LogP contribution is -2.58. The van der Waals surface area contributed by atoms with Crippen molar-refractivity contribution >= 4 is 29.8 Å². The van der Waals surface area contributed by atoms with Crippen molar-refractivity contribution in [2.45, 2.75) is 76.1 Å². The highest BCUT2D eigenvalue weighted by Gasteiger charge is 2.70. The van der Waals surface area contributed by atoms with Crippen molar-refractivity contribution in [1.82, 2.24) is 0 Å². The molecule has 7 aliphatic rings. The van der Waals surface area contributed by atoms with E-state index < -0.39 is 84.5 Å². The second-order valence-electron chi connectivity index (χ2n) is 12.5. The van der Waals surface area contributed by atoms with E-state index in [1.54, 1.807) is 0 Å². The van der Waals surface area contributed by atoms with Crippen LogP contribution in [0.15, 0.2) is 0 Å². The van der Waals surface area contributed by atoms with E-state index in [0.717, 1.165) is 25.7 Å². The van der Waals surface area contributed by atoms with Gasteiger partial charge in [-0.05, 0) is 69.1 Å². The van der Waals surface area contributed by atoms with Gasteiger partial charge in [0.15, 0.2) is 13.2 Å². The minimum atomic E-state index is -3.77. The monoisotopic (exact) mass is 554 g/mol. The molecule has 7 fully saturated rings. The number of hydrogen-bond acceptors (Lipinski definition) is 10. The second-order valence-corrected chi connectivity index (χ2v) is 12.5. The maximum absolute atomic E-state index is 13.1. The maximum atomic E-state index is 13.1. The molecule has 6 bridgehead atoms. The molecular formula is C27H32F2O10. The summed E-state index contributed by atoms with van der Waals surface area (Å²) in [6.45, 7) is 0.682. The predicted octanol–water partition coefficient (Wildman–Crippen LogP) is 2.21. The van der Waals surface area contributed by atoms with Gasteiger partial charge in [-0.3, -0.25) is 9.59 Å². The normalized spacial score (nSPS) is 42.7. The Kier molecular flexibility index (Phi) is 6.18. The topological polar surface area (TPSA) is 132 Å². The number of ether oxygens (including phenoxy) is 5. The first-order chi connectivity index (χ1) is 18.3. The van der Waals surface area contributed by atoms with Crippen LogP contribution >= 0.6 is 0 Å². The average molecular weight is 555 g/mol. The van der Waals surface area contributed by atoms with Crippen LogP contribution in [-0.2, 0) is 47.7 Å². The third-order valence-electron chi connectivity index (χ3n) is 10.2. The largest absolute Gasteiger partial charge is 0.458 e. The van der Waals surface area contributed by atoms with Crippen LogP contribution in [0.1, 0.15) is 52.4 Å². The third kappa shape index (κ3) is 4.38. The zero-order valence-electron chi connectivity index (χ0n) is 21.8. The van der Waals surface area contributed by atoms with Crippen molar-refractivity contribution in [1.29, 1.82) is 0 Å². The molecule has 7 rings (SSSR count). The number of carbonyl (C=O) groups excluding carboxylic acids is 5. The van der Waals surface area contributed by atoms with Crippen LogP contribution in [0.3, 0.4) is 0 Å². The third-order valence-corrected chi connectivity index (χ3v) is 10.2. The molecule has 214 valence electrons. The fourth-order valence-corrected chi connectivity index (χ4v) is 8.69. The number of alkyl halides is 2. The van der Waals surface area contributed by atoms with Crippen molar-refractivity contribution in [2.75, 3.05) is 13.2 Å². The van der Waals surface area contributed by atoms with Gasteiger partial charge in [-0.1, -0.05) is 0 Å². The van der Waals surface area contributed by atoms with Crippen LogP contribution < -0.4 is 0 Å². The van der Waals surface area contributed by atoms with Crippen LogP contribution in [0.5, 0.6) is 0 Å². The Hall–Kier alpha value is -2.79. The Morgan fingerprint density at radius 3 is 2.15 bits per heavy atom. The van der Waals surface area contributed by atoms with Crippen LogP contribution in [0, 0.1) is 47.3 Å². The Morgan fingerprint density at radius 2 is 1.54 bits per heavy atom. The first kappa shape index (κ1) is 26.4. The molecule has 12 heteroatoms. The summed E-state index contributed by atoms with van der Waals surface area (Å²) in [5.41, 5.74) is -0.573. The number of carbonyl (C=O) groups is 5. The van der Waals surface area contributed by atoms with Gasteiger partial charge < -0.3 is 23.7 Å². The van der Waals surface area contributed by atoms with E-state index in [0.29, 0.717) is 37.0 Å². The van der Waals surface area contributed by atoms with Gasteiger partial charge in [0.05, 0.1) is 11.8 Å². The highest BCUT2D eigenvalue weighted by molar-refractivity contribution is 5.87. The van der Waals surface area contributed by atoms with E-state index in [1.165, 1.54) is 6.42 Å². The van der Waals surface area contributed by atoms with Crippen molar-refractivity contribution < 1.29 is 56.4 Å². The maximum Gasteiger partial charge on any atom is 0.377 e. The van der Waals surface area contributed by atoms with E-state index in [9.17, 15) is 32.8 Å². The molecule has 10 nitrogen and oxygen atoms in total. The van der Waals surface area contributed by atoms with E-state index in [-0.39, 0.29) is 5.92 Å². The zero-order chi connectivity index (χ0) is 27.9. The molecule has 6 aliphatic carbocycles. The lowest BCUT2D eigenvalue weighted by Gasteiger charge is -2.59. The van der Waals surface area contributed by atoms with Gasteiger partial charge in [-0.25, -0.2) is 14.4 Å². The number of rotatable bonds is 8. The summed E-state index contributed by atoms with van der Waals surface area (Å²) in [7, 11) is 0. The smallest absolute Gasteiger partial charge is 0.377 e. The SMILES string of the molecule is CC(F)(F)C(=O)OCC(=O)OC1C2CC3C1OC(=O)C3C2C(=O)OCC(=O)OC1(C)C2CC3CC(C2)CC1C3. The van der Waals surface area contributed by atoms with Gasteiger partial charge in [-0.2, -0.15) is 8.78 Å². The number of fused-ring (bicyclic) bond motifs is 1. The second kappa shape index (κ2) is 9.12. The minimum Gasteiger partial charge on any atom is -0.458 e.